The van der Waals surface area contributed by atoms with E-state index in [2.05, 4.69) is 6.58 Å². The van der Waals surface area contributed by atoms with Gasteiger partial charge in [-0.05, 0) is 30.5 Å². The van der Waals surface area contributed by atoms with E-state index in [-0.39, 0.29) is 12.1 Å². The fourth-order valence-corrected chi connectivity index (χ4v) is 1.95. The summed E-state index contributed by atoms with van der Waals surface area (Å²) in [6.45, 7) is 4.02. The topological polar surface area (TPSA) is 44.8 Å². The molecule has 1 saturated heterocycles. The number of carbonyl (C=O) groups excluding carboxylic acids is 1. The van der Waals surface area contributed by atoms with Gasteiger partial charge >= 0.3 is 5.97 Å². The Hall–Kier alpha value is -1.81. The summed E-state index contributed by atoms with van der Waals surface area (Å²) in [5, 5.41) is 0. The van der Waals surface area contributed by atoms with Crippen molar-refractivity contribution in [3.05, 3.63) is 42.5 Å². The Balaban J connectivity index is 1.84. The molecule has 1 heterocycles. The van der Waals surface area contributed by atoms with Crippen LogP contribution in [-0.2, 0) is 20.9 Å². The zero-order valence-corrected chi connectivity index (χ0v) is 11.0. The summed E-state index contributed by atoms with van der Waals surface area (Å²) in [7, 11) is 1.62. The second-order valence-electron chi connectivity index (χ2n) is 4.44. The number of methoxy groups -OCH3 is 1. The largest absolute Gasteiger partial charge is 0.497 e. The number of hydrogen-bond donors (Lipinski definition) is 0. The summed E-state index contributed by atoms with van der Waals surface area (Å²) in [5.41, 5.74) is 0.999. The Labute approximate surface area is 113 Å². The van der Waals surface area contributed by atoms with Crippen molar-refractivity contribution < 1.29 is 19.0 Å². The normalized spacial score (nSPS) is 22.7. The number of hydrogen-bond acceptors (Lipinski definition) is 4. The van der Waals surface area contributed by atoms with Crippen LogP contribution >= 0.6 is 0 Å². The van der Waals surface area contributed by atoms with Crippen LogP contribution in [0.25, 0.3) is 0 Å². The van der Waals surface area contributed by atoms with Crippen molar-refractivity contribution >= 4 is 5.97 Å². The SMILES string of the molecule is C=CC1CC[C@H](OCc2ccc(OC)cc2)C(=O)O1. The van der Waals surface area contributed by atoms with Gasteiger partial charge in [-0.15, -0.1) is 0 Å². The zero-order chi connectivity index (χ0) is 13.7. The van der Waals surface area contributed by atoms with E-state index in [1.807, 2.05) is 24.3 Å². The molecule has 1 aromatic rings. The van der Waals surface area contributed by atoms with E-state index in [9.17, 15) is 4.79 Å². The van der Waals surface area contributed by atoms with Gasteiger partial charge < -0.3 is 14.2 Å². The van der Waals surface area contributed by atoms with E-state index in [1.165, 1.54) is 0 Å². The Morgan fingerprint density at radius 3 is 2.68 bits per heavy atom. The van der Waals surface area contributed by atoms with Gasteiger partial charge in [0.25, 0.3) is 0 Å². The molecule has 1 aromatic carbocycles. The number of carbonyl (C=O) groups is 1. The molecule has 0 spiro atoms. The van der Waals surface area contributed by atoms with Crippen LogP contribution in [0.15, 0.2) is 36.9 Å². The monoisotopic (exact) mass is 262 g/mol. The number of rotatable bonds is 5. The third-order valence-electron chi connectivity index (χ3n) is 3.12. The van der Waals surface area contributed by atoms with E-state index >= 15 is 0 Å². The first-order valence-electron chi connectivity index (χ1n) is 6.30. The lowest BCUT2D eigenvalue weighted by atomic mass is 10.1. The minimum atomic E-state index is -0.474. The van der Waals surface area contributed by atoms with Gasteiger partial charge in [0.05, 0.1) is 13.7 Å². The van der Waals surface area contributed by atoms with Crippen LogP contribution in [0.1, 0.15) is 18.4 Å². The Bertz CT molecular complexity index is 438. The Kier molecular flexibility index (Phi) is 4.58. The van der Waals surface area contributed by atoms with Crippen molar-refractivity contribution in [2.24, 2.45) is 0 Å². The van der Waals surface area contributed by atoms with E-state index in [4.69, 9.17) is 14.2 Å². The molecule has 2 rings (SSSR count). The third-order valence-corrected chi connectivity index (χ3v) is 3.12. The summed E-state index contributed by atoms with van der Waals surface area (Å²) >= 11 is 0. The molecule has 4 heteroatoms. The van der Waals surface area contributed by atoms with Crippen LogP contribution in [0.2, 0.25) is 0 Å². The van der Waals surface area contributed by atoms with E-state index in [0.717, 1.165) is 17.7 Å². The second kappa shape index (κ2) is 6.38. The van der Waals surface area contributed by atoms with Gasteiger partial charge in [0.15, 0.2) is 6.10 Å². The van der Waals surface area contributed by atoms with Gasteiger partial charge in [0, 0.05) is 0 Å². The highest BCUT2D eigenvalue weighted by molar-refractivity contribution is 5.75. The summed E-state index contributed by atoms with van der Waals surface area (Å²) < 4.78 is 15.8. The van der Waals surface area contributed by atoms with Crippen molar-refractivity contribution in [2.75, 3.05) is 7.11 Å². The quantitative estimate of drug-likeness (QED) is 0.604. The smallest absolute Gasteiger partial charge is 0.335 e. The molecule has 0 saturated carbocycles. The van der Waals surface area contributed by atoms with Gasteiger partial charge in [-0.1, -0.05) is 24.8 Å². The van der Waals surface area contributed by atoms with Gasteiger partial charge in [0.1, 0.15) is 11.9 Å². The number of ether oxygens (including phenoxy) is 3. The maximum Gasteiger partial charge on any atom is 0.335 e. The highest BCUT2D eigenvalue weighted by atomic mass is 16.6. The molecule has 2 atom stereocenters. The van der Waals surface area contributed by atoms with Crippen molar-refractivity contribution in [3.8, 4) is 5.75 Å². The van der Waals surface area contributed by atoms with Crippen LogP contribution in [0, 0.1) is 0 Å². The molecule has 1 unspecified atom stereocenters. The average Bonchev–Trinajstić information content (AvgIpc) is 2.46. The molecular formula is C15H18O4. The lowest BCUT2D eigenvalue weighted by Gasteiger charge is -2.26. The van der Waals surface area contributed by atoms with Crippen LogP contribution in [0.3, 0.4) is 0 Å². The highest BCUT2D eigenvalue weighted by Crippen LogP contribution is 2.20. The minimum Gasteiger partial charge on any atom is -0.497 e. The van der Waals surface area contributed by atoms with Crippen molar-refractivity contribution in [1.29, 1.82) is 0 Å². The predicted molar refractivity (Wildman–Crippen MR) is 70.9 cm³/mol. The summed E-state index contributed by atoms with van der Waals surface area (Å²) in [6, 6.07) is 7.57. The molecule has 4 nitrogen and oxygen atoms in total. The molecule has 0 aromatic heterocycles. The van der Waals surface area contributed by atoms with E-state index in [1.54, 1.807) is 13.2 Å². The van der Waals surface area contributed by atoms with Crippen molar-refractivity contribution in [1.82, 2.24) is 0 Å². The molecule has 0 aliphatic carbocycles. The molecule has 19 heavy (non-hydrogen) atoms. The first-order valence-corrected chi connectivity index (χ1v) is 6.30. The maximum atomic E-state index is 11.7. The first-order chi connectivity index (χ1) is 9.22. The lowest BCUT2D eigenvalue weighted by molar-refractivity contribution is -0.169. The molecule has 1 aliphatic heterocycles. The number of esters is 1. The second-order valence-corrected chi connectivity index (χ2v) is 4.44. The molecule has 1 fully saturated rings. The van der Waals surface area contributed by atoms with Gasteiger partial charge in [0.2, 0.25) is 0 Å². The van der Waals surface area contributed by atoms with E-state index in [0.29, 0.717) is 13.0 Å². The molecule has 102 valence electrons. The molecular weight excluding hydrogens is 244 g/mol. The Morgan fingerprint density at radius 1 is 1.37 bits per heavy atom. The zero-order valence-electron chi connectivity index (χ0n) is 11.0. The van der Waals surface area contributed by atoms with Gasteiger partial charge in [-0.25, -0.2) is 4.79 Å². The van der Waals surface area contributed by atoms with Crippen LogP contribution in [0.4, 0.5) is 0 Å². The minimum absolute atomic E-state index is 0.173. The molecule has 0 radical (unpaired) electrons. The molecule has 0 amide bonds. The fourth-order valence-electron chi connectivity index (χ4n) is 1.95. The van der Waals surface area contributed by atoms with Crippen LogP contribution in [0.5, 0.6) is 5.75 Å². The average molecular weight is 262 g/mol. The first kappa shape index (κ1) is 13.6. The fraction of sp³-hybridized carbons (Fsp3) is 0.400. The molecule has 1 aliphatic rings. The van der Waals surface area contributed by atoms with Crippen molar-refractivity contribution in [2.45, 2.75) is 31.7 Å². The third kappa shape index (κ3) is 3.58. The predicted octanol–water partition coefficient (Wildman–Crippen LogP) is 2.47. The molecule has 0 bridgehead atoms. The standard InChI is InChI=1S/C15H18O4/c1-3-12-8-9-14(15(16)19-12)18-10-11-4-6-13(17-2)7-5-11/h3-7,12,14H,1,8-10H2,2H3/t12?,14-/m0/s1. The molecule has 0 N–H and O–H groups in total. The van der Waals surface area contributed by atoms with Gasteiger partial charge in [-0.3, -0.25) is 0 Å². The summed E-state index contributed by atoms with van der Waals surface area (Å²) in [6.07, 6.45) is 2.44. The van der Waals surface area contributed by atoms with E-state index < -0.39 is 6.10 Å². The lowest BCUT2D eigenvalue weighted by Crippen LogP contribution is -2.35. The van der Waals surface area contributed by atoms with Crippen LogP contribution in [-0.4, -0.2) is 25.3 Å². The summed E-state index contributed by atoms with van der Waals surface area (Å²) in [4.78, 5) is 11.7. The van der Waals surface area contributed by atoms with Crippen LogP contribution < -0.4 is 4.74 Å². The Morgan fingerprint density at radius 2 is 2.11 bits per heavy atom. The van der Waals surface area contributed by atoms with Gasteiger partial charge in [-0.2, -0.15) is 0 Å². The summed E-state index contributed by atoms with van der Waals surface area (Å²) in [5.74, 6) is 0.499. The maximum absolute atomic E-state index is 11.7. The number of cyclic esters (lactones) is 1. The number of benzene rings is 1. The van der Waals surface area contributed by atoms with Crippen molar-refractivity contribution in [3.63, 3.8) is 0 Å². The highest BCUT2D eigenvalue weighted by Gasteiger charge is 2.29.